The maximum Gasteiger partial charge on any atom is 0.417 e. The third-order valence-corrected chi connectivity index (χ3v) is 13.0. The van der Waals surface area contributed by atoms with Gasteiger partial charge in [-0.1, -0.05) is 133 Å². The summed E-state index contributed by atoms with van der Waals surface area (Å²) >= 11 is 0. The van der Waals surface area contributed by atoms with Crippen molar-refractivity contribution in [2.75, 3.05) is 0 Å². The number of benzene rings is 9. The summed E-state index contributed by atoms with van der Waals surface area (Å²) < 4.78 is 50.4. The summed E-state index contributed by atoms with van der Waals surface area (Å²) in [6.07, 6.45) is -4.66. The minimum atomic E-state index is -4.66. The van der Waals surface area contributed by atoms with Crippen LogP contribution in [0.2, 0.25) is 0 Å². The van der Waals surface area contributed by atoms with E-state index in [1.165, 1.54) is 6.07 Å². The van der Waals surface area contributed by atoms with Gasteiger partial charge in [-0.05, 0) is 125 Å². The molecule has 0 N–H and O–H groups in total. The first kappa shape index (κ1) is 39.7. The number of fused-ring (bicyclic) bond motifs is 6. The number of aromatic nitrogens is 2. The molecule has 0 radical (unpaired) electrons. The molecule has 3 nitrogen and oxygen atoms in total. The van der Waals surface area contributed by atoms with Gasteiger partial charge in [0.05, 0.1) is 39.9 Å². The van der Waals surface area contributed by atoms with Crippen LogP contribution < -0.4 is 0 Å². The summed E-state index contributed by atoms with van der Waals surface area (Å²) in [5, 5.41) is 4.07. The van der Waals surface area contributed by atoms with E-state index in [1.807, 2.05) is 72.8 Å². The van der Waals surface area contributed by atoms with Gasteiger partial charge in [0.15, 0.2) is 5.69 Å². The minimum Gasteiger partial charge on any atom is -0.310 e. The third-order valence-electron chi connectivity index (χ3n) is 13.0. The highest BCUT2D eigenvalue weighted by atomic mass is 19.4. The van der Waals surface area contributed by atoms with E-state index in [0.717, 1.165) is 83.1 Å². The van der Waals surface area contributed by atoms with Crippen LogP contribution in [0.15, 0.2) is 188 Å². The Hall–Kier alpha value is -8.14. The maximum absolute atomic E-state index is 15.4. The van der Waals surface area contributed by atoms with Gasteiger partial charge in [-0.25, -0.2) is 4.85 Å². The van der Waals surface area contributed by atoms with E-state index in [0.29, 0.717) is 39.3 Å². The summed E-state index contributed by atoms with van der Waals surface area (Å²) in [6.45, 7) is 14.7. The number of halogens is 3. The second-order valence-corrected chi connectivity index (χ2v) is 16.8. The molecule has 312 valence electrons. The number of alkyl halides is 3. The monoisotopic (exact) mass is 847 g/mol. The summed E-state index contributed by atoms with van der Waals surface area (Å²) in [5.41, 5.74) is 13.3. The molecule has 0 aliphatic rings. The fourth-order valence-corrected chi connectivity index (χ4v) is 10.1. The van der Waals surface area contributed by atoms with E-state index in [-0.39, 0.29) is 5.56 Å². The first-order valence-electron chi connectivity index (χ1n) is 21.6. The highest BCUT2D eigenvalue weighted by Gasteiger charge is 2.36. The van der Waals surface area contributed by atoms with Gasteiger partial charge in [0.25, 0.3) is 0 Å². The number of hydrogen-bond acceptors (Lipinski definition) is 0. The summed E-state index contributed by atoms with van der Waals surface area (Å²) in [4.78, 5) is 4.18. The van der Waals surface area contributed by atoms with Crippen molar-refractivity contribution < 1.29 is 13.2 Å². The molecule has 11 aromatic rings. The van der Waals surface area contributed by atoms with E-state index in [9.17, 15) is 0 Å². The lowest BCUT2D eigenvalue weighted by Crippen LogP contribution is -2.10. The second-order valence-electron chi connectivity index (χ2n) is 16.8. The van der Waals surface area contributed by atoms with Crippen LogP contribution in [0.3, 0.4) is 0 Å². The molecule has 0 unspecified atom stereocenters. The van der Waals surface area contributed by atoms with Crippen molar-refractivity contribution in [3.05, 3.63) is 222 Å². The van der Waals surface area contributed by atoms with Gasteiger partial charge in [0.2, 0.25) is 0 Å². The van der Waals surface area contributed by atoms with Crippen LogP contribution in [0.1, 0.15) is 22.3 Å². The zero-order valence-corrected chi connectivity index (χ0v) is 35.9. The van der Waals surface area contributed by atoms with Gasteiger partial charge in [-0.3, -0.25) is 0 Å². The van der Waals surface area contributed by atoms with E-state index in [4.69, 9.17) is 6.57 Å². The number of aryl methyl sites for hydroxylation is 3. The molecular weight excluding hydrogens is 808 g/mol. The highest BCUT2D eigenvalue weighted by Crippen LogP contribution is 2.51. The van der Waals surface area contributed by atoms with Crippen LogP contribution in [-0.4, -0.2) is 9.13 Å². The lowest BCUT2D eigenvalue weighted by molar-refractivity contribution is -0.137. The molecule has 0 aliphatic carbocycles. The molecule has 0 fully saturated rings. The summed E-state index contributed by atoms with van der Waals surface area (Å²) in [6, 6.07) is 61.6. The summed E-state index contributed by atoms with van der Waals surface area (Å²) in [5.74, 6) is 0. The Kier molecular flexibility index (Phi) is 9.34. The van der Waals surface area contributed by atoms with E-state index >= 15 is 13.2 Å². The first-order chi connectivity index (χ1) is 31.6. The number of rotatable bonds is 6. The quantitative estimate of drug-likeness (QED) is 0.148. The molecule has 0 bridgehead atoms. The molecule has 0 atom stereocenters. The Bertz CT molecular complexity index is 3760. The average Bonchev–Trinajstić information content (AvgIpc) is 3.83. The van der Waals surface area contributed by atoms with Crippen molar-refractivity contribution in [1.82, 2.24) is 9.13 Å². The number of nitrogens with zero attached hydrogens (tertiary/aromatic N) is 3. The van der Waals surface area contributed by atoms with E-state index < -0.39 is 11.7 Å². The standard InChI is InChI=1S/C59H40F3N3/c1-36-16-5-7-19-41(36)39-30-32-52-46(34-39)43-21-9-11-26-50(43)64(52)54-28-14-23-45(56-38(3)18-13-24-48(56)59(60,61)62)57(54)58-49(63-4)25-15-29-55(58)65-51-27-12-10-22-44(51)47-35-40(31-33-53(47)65)42-20-8-6-17-37(42)2/h5-35H,1-3H3. The van der Waals surface area contributed by atoms with Crippen molar-refractivity contribution in [3.8, 4) is 55.9 Å². The zero-order chi connectivity index (χ0) is 44.6. The fourth-order valence-electron chi connectivity index (χ4n) is 10.1. The summed E-state index contributed by atoms with van der Waals surface area (Å²) in [7, 11) is 0. The van der Waals surface area contributed by atoms with Crippen molar-refractivity contribution in [3.63, 3.8) is 0 Å². The molecule has 0 saturated carbocycles. The van der Waals surface area contributed by atoms with Gasteiger partial charge < -0.3 is 9.13 Å². The molecular formula is C59H40F3N3. The molecule has 2 aromatic heterocycles. The first-order valence-corrected chi connectivity index (χ1v) is 21.6. The van der Waals surface area contributed by atoms with Crippen LogP contribution in [0.4, 0.5) is 18.9 Å². The molecule has 0 aliphatic heterocycles. The molecule has 2 heterocycles. The van der Waals surface area contributed by atoms with Crippen LogP contribution in [0, 0.1) is 27.3 Å². The fraction of sp³-hybridized carbons (Fsp3) is 0.0678. The molecule has 11 rings (SSSR count). The van der Waals surface area contributed by atoms with E-state index in [1.54, 1.807) is 25.1 Å². The molecule has 6 heteroatoms. The number of hydrogen-bond donors (Lipinski definition) is 0. The van der Waals surface area contributed by atoms with Gasteiger partial charge in [0.1, 0.15) is 0 Å². The van der Waals surface area contributed by atoms with Gasteiger partial charge in [-0.15, -0.1) is 0 Å². The smallest absolute Gasteiger partial charge is 0.310 e. The Labute approximate surface area is 374 Å². The van der Waals surface area contributed by atoms with Crippen molar-refractivity contribution >= 4 is 49.3 Å². The maximum atomic E-state index is 15.4. The van der Waals surface area contributed by atoms with Crippen LogP contribution in [-0.2, 0) is 6.18 Å². The third kappa shape index (κ3) is 6.34. The normalized spacial score (nSPS) is 11.8. The molecule has 65 heavy (non-hydrogen) atoms. The van der Waals surface area contributed by atoms with Crippen LogP contribution in [0.25, 0.3) is 104 Å². The lowest BCUT2D eigenvalue weighted by Gasteiger charge is -2.25. The Morgan fingerprint density at radius 1 is 0.400 bits per heavy atom. The Morgan fingerprint density at radius 2 is 0.846 bits per heavy atom. The topological polar surface area (TPSA) is 14.2 Å². The number of para-hydroxylation sites is 2. The predicted molar refractivity (Wildman–Crippen MR) is 262 cm³/mol. The van der Waals surface area contributed by atoms with Crippen LogP contribution in [0.5, 0.6) is 0 Å². The van der Waals surface area contributed by atoms with Crippen molar-refractivity contribution in [2.24, 2.45) is 0 Å². The molecule has 9 aromatic carbocycles. The average molecular weight is 848 g/mol. The van der Waals surface area contributed by atoms with Gasteiger partial charge in [-0.2, -0.15) is 13.2 Å². The van der Waals surface area contributed by atoms with Gasteiger partial charge in [0, 0.05) is 38.4 Å². The molecule has 0 amide bonds. The second kappa shape index (κ2) is 15.3. The van der Waals surface area contributed by atoms with Crippen molar-refractivity contribution in [2.45, 2.75) is 26.9 Å². The molecule has 0 saturated heterocycles. The lowest BCUT2D eigenvalue weighted by atomic mass is 9.86. The van der Waals surface area contributed by atoms with E-state index in [2.05, 4.69) is 113 Å². The molecule has 0 spiro atoms. The van der Waals surface area contributed by atoms with Gasteiger partial charge >= 0.3 is 6.18 Å². The minimum absolute atomic E-state index is 0.0790. The zero-order valence-electron chi connectivity index (χ0n) is 35.9. The highest BCUT2D eigenvalue weighted by molar-refractivity contribution is 6.14. The SMILES string of the molecule is [C-]#[N+]c1cccc(-n2c3ccccc3c3cc(-c4ccccc4C)ccc32)c1-c1c(-c2c(C)cccc2C(F)(F)F)cccc1-n1c2ccccc2c2cc(-c3ccccc3C)ccc21. The van der Waals surface area contributed by atoms with Crippen molar-refractivity contribution in [1.29, 1.82) is 0 Å². The predicted octanol–water partition coefficient (Wildman–Crippen LogP) is 17.0. The van der Waals surface area contributed by atoms with Crippen LogP contribution >= 0.6 is 0 Å². The Balaban J connectivity index is 1.28. The largest absolute Gasteiger partial charge is 0.417 e. The Morgan fingerprint density at radius 3 is 1.38 bits per heavy atom.